The van der Waals surface area contributed by atoms with Crippen LogP contribution in [-0.2, 0) is 14.9 Å². The van der Waals surface area contributed by atoms with E-state index >= 15 is 0 Å². The molecule has 1 amide bonds. The average Bonchev–Trinajstić information content (AvgIpc) is 2.46. The molecule has 5 heteroatoms. The minimum absolute atomic E-state index is 0. The molecule has 22 heavy (non-hydrogen) atoms. The van der Waals surface area contributed by atoms with Gasteiger partial charge in [0.1, 0.15) is 6.04 Å². The van der Waals surface area contributed by atoms with Crippen LogP contribution in [-0.4, -0.2) is 32.2 Å². The summed E-state index contributed by atoms with van der Waals surface area (Å²) in [5.74, 6) is 0.229. The van der Waals surface area contributed by atoms with Gasteiger partial charge in [-0.25, -0.2) is 0 Å². The van der Waals surface area contributed by atoms with E-state index in [1.807, 2.05) is 0 Å². The maximum absolute atomic E-state index is 11.9. The van der Waals surface area contributed by atoms with Crippen LogP contribution in [0.1, 0.15) is 43.7 Å². The number of carbonyl (C=O) groups is 1. The molecule has 0 heterocycles. The fraction of sp³-hybridized carbons (Fsp3) is 0.588. The number of nitrogens with two attached hydrogens (primary N) is 1. The number of carbonyl (C=O) groups excluding carboxylic acids is 1. The first kappa shape index (κ1) is 18.9. The quantitative estimate of drug-likeness (QED) is 0.873. The summed E-state index contributed by atoms with van der Waals surface area (Å²) in [5.41, 5.74) is 8.71. The van der Waals surface area contributed by atoms with Gasteiger partial charge in [0.25, 0.3) is 0 Å². The average molecular weight is 327 g/mol. The van der Waals surface area contributed by atoms with Crippen molar-refractivity contribution >= 4 is 18.3 Å². The Morgan fingerprint density at radius 1 is 1.45 bits per heavy atom. The van der Waals surface area contributed by atoms with Crippen LogP contribution in [0.4, 0.5) is 0 Å². The molecular formula is C17H27ClN2O2. The van der Waals surface area contributed by atoms with Gasteiger partial charge in [-0.1, -0.05) is 38.1 Å². The van der Waals surface area contributed by atoms with Gasteiger partial charge in [0.15, 0.2) is 0 Å². The van der Waals surface area contributed by atoms with Crippen LogP contribution in [0.3, 0.4) is 0 Å². The Hall–Kier alpha value is -1.10. The van der Waals surface area contributed by atoms with E-state index in [4.69, 9.17) is 10.5 Å². The highest BCUT2D eigenvalue weighted by Crippen LogP contribution is 2.42. The van der Waals surface area contributed by atoms with Gasteiger partial charge < -0.3 is 15.8 Å². The topological polar surface area (TPSA) is 64.3 Å². The normalized spacial score (nSPS) is 20.5. The van der Waals surface area contributed by atoms with E-state index < -0.39 is 6.04 Å². The van der Waals surface area contributed by atoms with E-state index in [1.165, 1.54) is 11.1 Å². The van der Waals surface area contributed by atoms with Crippen LogP contribution in [0.25, 0.3) is 0 Å². The van der Waals surface area contributed by atoms with Gasteiger partial charge in [0.2, 0.25) is 5.91 Å². The van der Waals surface area contributed by atoms with Crippen molar-refractivity contribution < 1.29 is 9.53 Å². The fourth-order valence-corrected chi connectivity index (χ4v) is 3.12. The lowest BCUT2D eigenvalue weighted by molar-refractivity contribution is -0.123. The number of hydrogen-bond donors (Lipinski definition) is 2. The summed E-state index contributed by atoms with van der Waals surface area (Å²) in [6.07, 6.45) is 2.22. The molecule has 1 aromatic carbocycles. The Bertz CT molecular complexity index is 505. The van der Waals surface area contributed by atoms with Crippen LogP contribution in [0.15, 0.2) is 24.3 Å². The second-order valence-electron chi connectivity index (χ2n) is 6.51. The third-order valence-electron chi connectivity index (χ3n) is 4.45. The molecule has 1 aliphatic carbocycles. The number of methoxy groups -OCH3 is 1. The lowest BCUT2D eigenvalue weighted by Gasteiger charge is -2.37. The SMILES string of the molecule is COCC(N)C(=O)NCC1CCC(C)(C)c2ccccc21.Cl. The van der Waals surface area contributed by atoms with Gasteiger partial charge in [-0.05, 0) is 29.4 Å². The Kier molecular flexibility index (Phi) is 6.85. The van der Waals surface area contributed by atoms with Crippen molar-refractivity contribution in [3.05, 3.63) is 35.4 Å². The molecule has 2 atom stereocenters. The highest BCUT2D eigenvalue weighted by Gasteiger charge is 2.32. The van der Waals surface area contributed by atoms with Crippen molar-refractivity contribution in [1.82, 2.24) is 5.32 Å². The number of ether oxygens (including phenoxy) is 1. The molecule has 4 nitrogen and oxygen atoms in total. The minimum Gasteiger partial charge on any atom is -0.383 e. The van der Waals surface area contributed by atoms with Crippen molar-refractivity contribution in [2.45, 2.75) is 44.1 Å². The molecule has 3 N–H and O–H groups in total. The third-order valence-corrected chi connectivity index (χ3v) is 4.45. The van der Waals surface area contributed by atoms with E-state index in [1.54, 1.807) is 7.11 Å². The number of hydrogen-bond acceptors (Lipinski definition) is 3. The summed E-state index contributed by atoms with van der Waals surface area (Å²) in [7, 11) is 1.55. The summed E-state index contributed by atoms with van der Waals surface area (Å²) in [5, 5.41) is 2.96. The van der Waals surface area contributed by atoms with Gasteiger partial charge in [-0.15, -0.1) is 12.4 Å². The van der Waals surface area contributed by atoms with E-state index in [-0.39, 0.29) is 30.3 Å². The van der Waals surface area contributed by atoms with E-state index in [9.17, 15) is 4.79 Å². The number of nitrogens with one attached hydrogen (secondary N) is 1. The Labute approximate surface area is 139 Å². The Balaban J connectivity index is 0.00000242. The van der Waals surface area contributed by atoms with Gasteiger partial charge in [-0.3, -0.25) is 4.79 Å². The zero-order valence-corrected chi connectivity index (χ0v) is 14.4. The molecule has 0 aliphatic heterocycles. The molecular weight excluding hydrogens is 300 g/mol. The molecule has 0 fully saturated rings. The van der Waals surface area contributed by atoms with Gasteiger partial charge >= 0.3 is 0 Å². The van der Waals surface area contributed by atoms with E-state index in [0.717, 1.165) is 12.8 Å². The van der Waals surface area contributed by atoms with Crippen LogP contribution in [0.5, 0.6) is 0 Å². The van der Waals surface area contributed by atoms with Crippen LogP contribution < -0.4 is 11.1 Å². The van der Waals surface area contributed by atoms with Gasteiger partial charge in [0.05, 0.1) is 6.61 Å². The van der Waals surface area contributed by atoms with E-state index in [0.29, 0.717) is 12.5 Å². The Morgan fingerprint density at radius 2 is 2.14 bits per heavy atom. The molecule has 0 saturated carbocycles. The summed E-state index contributed by atoms with van der Waals surface area (Å²) >= 11 is 0. The number of halogens is 1. The molecule has 2 unspecified atom stereocenters. The monoisotopic (exact) mass is 326 g/mol. The van der Waals surface area contributed by atoms with E-state index in [2.05, 4.69) is 43.4 Å². The number of fused-ring (bicyclic) bond motifs is 1. The first-order valence-corrected chi connectivity index (χ1v) is 7.57. The zero-order valence-electron chi connectivity index (χ0n) is 13.6. The smallest absolute Gasteiger partial charge is 0.239 e. The predicted molar refractivity (Wildman–Crippen MR) is 91.6 cm³/mol. The maximum atomic E-state index is 11.9. The zero-order chi connectivity index (χ0) is 15.5. The summed E-state index contributed by atoms with van der Waals surface area (Å²) < 4.78 is 4.91. The summed E-state index contributed by atoms with van der Waals surface area (Å²) in [6.45, 7) is 5.47. The Morgan fingerprint density at radius 3 is 2.82 bits per heavy atom. The van der Waals surface area contributed by atoms with Gasteiger partial charge in [-0.2, -0.15) is 0 Å². The first-order valence-electron chi connectivity index (χ1n) is 7.57. The highest BCUT2D eigenvalue weighted by atomic mass is 35.5. The van der Waals surface area contributed by atoms with Crippen LogP contribution in [0, 0.1) is 0 Å². The van der Waals surface area contributed by atoms with Crippen molar-refractivity contribution in [2.75, 3.05) is 20.3 Å². The number of amides is 1. The van der Waals surface area contributed by atoms with Crippen LogP contribution in [0.2, 0.25) is 0 Å². The first-order chi connectivity index (χ1) is 9.95. The summed E-state index contributed by atoms with van der Waals surface area (Å²) in [6, 6.07) is 7.97. The standard InChI is InChI=1S/C17H26N2O2.ClH/c1-17(2)9-8-12(13-6-4-5-7-14(13)17)10-19-16(20)15(18)11-21-3;/h4-7,12,15H,8-11,18H2,1-3H3,(H,19,20);1H. The molecule has 1 aliphatic rings. The molecule has 0 bridgehead atoms. The van der Waals surface area contributed by atoms with Gasteiger partial charge in [0, 0.05) is 19.6 Å². The molecule has 0 spiro atoms. The lowest BCUT2D eigenvalue weighted by Crippen LogP contribution is -2.45. The lowest BCUT2D eigenvalue weighted by atomic mass is 9.69. The van der Waals surface area contributed by atoms with Crippen molar-refractivity contribution in [1.29, 1.82) is 0 Å². The molecule has 0 radical (unpaired) electrons. The minimum atomic E-state index is -0.592. The largest absolute Gasteiger partial charge is 0.383 e. The van der Waals surface area contributed by atoms with Crippen molar-refractivity contribution in [3.8, 4) is 0 Å². The molecule has 1 aromatic rings. The van der Waals surface area contributed by atoms with Crippen LogP contribution >= 0.6 is 12.4 Å². The number of rotatable bonds is 5. The molecule has 0 aromatic heterocycles. The summed E-state index contributed by atoms with van der Waals surface area (Å²) in [4.78, 5) is 11.9. The second-order valence-corrected chi connectivity index (χ2v) is 6.51. The van der Waals surface area contributed by atoms with Crippen molar-refractivity contribution in [3.63, 3.8) is 0 Å². The highest BCUT2D eigenvalue weighted by molar-refractivity contribution is 5.85. The second kappa shape index (κ2) is 7.95. The maximum Gasteiger partial charge on any atom is 0.239 e. The molecule has 124 valence electrons. The van der Waals surface area contributed by atoms with Crippen molar-refractivity contribution in [2.24, 2.45) is 5.73 Å². The molecule has 0 saturated heterocycles. The predicted octanol–water partition coefficient (Wildman–Crippen LogP) is 2.35. The fourth-order valence-electron chi connectivity index (χ4n) is 3.12. The molecule has 2 rings (SSSR count). The third kappa shape index (κ3) is 4.22. The number of benzene rings is 1.